The summed E-state index contributed by atoms with van der Waals surface area (Å²) in [6.07, 6.45) is 4.58. The van der Waals surface area contributed by atoms with E-state index in [1.807, 2.05) is 6.92 Å². The van der Waals surface area contributed by atoms with Gasteiger partial charge in [0.15, 0.2) is 0 Å². The number of likely N-dealkylation sites (tertiary alicyclic amines) is 1. The van der Waals surface area contributed by atoms with Crippen LogP contribution >= 0.6 is 11.3 Å². The zero-order valence-corrected chi connectivity index (χ0v) is 13.0. The Morgan fingerprint density at radius 3 is 2.95 bits per heavy atom. The molecular formula is C15H25N3OS. The Morgan fingerprint density at radius 1 is 1.45 bits per heavy atom. The van der Waals surface area contributed by atoms with E-state index in [4.69, 9.17) is 0 Å². The van der Waals surface area contributed by atoms with E-state index in [2.05, 4.69) is 32.4 Å². The first kappa shape index (κ1) is 15.3. The van der Waals surface area contributed by atoms with Gasteiger partial charge < -0.3 is 15.5 Å². The highest BCUT2D eigenvalue weighted by Gasteiger charge is 2.11. The van der Waals surface area contributed by atoms with Gasteiger partial charge >= 0.3 is 6.03 Å². The Hall–Kier alpha value is -1.07. The smallest absolute Gasteiger partial charge is 0.315 e. The van der Waals surface area contributed by atoms with E-state index < -0.39 is 0 Å². The molecule has 2 amide bonds. The number of rotatable bonds is 7. The molecule has 0 aromatic carbocycles. The van der Waals surface area contributed by atoms with E-state index >= 15 is 0 Å². The quantitative estimate of drug-likeness (QED) is 0.759. The van der Waals surface area contributed by atoms with Crippen LogP contribution in [-0.2, 0) is 6.42 Å². The molecule has 1 saturated heterocycles. The summed E-state index contributed by atoms with van der Waals surface area (Å²) >= 11 is 1.70. The third kappa shape index (κ3) is 5.51. The zero-order chi connectivity index (χ0) is 14.2. The maximum absolute atomic E-state index is 11.7. The van der Waals surface area contributed by atoms with Crippen molar-refractivity contribution in [2.75, 3.05) is 26.2 Å². The van der Waals surface area contributed by atoms with Crippen LogP contribution in [0.3, 0.4) is 0 Å². The van der Waals surface area contributed by atoms with Gasteiger partial charge in [-0.05, 0) is 74.6 Å². The molecule has 1 aromatic heterocycles. The normalized spacial score (nSPS) is 17.1. The van der Waals surface area contributed by atoms with Gasteiger partial charge in [-0.3, -0.25) is 0 Å². The number of hydrogen-bond donors (Lipinski definition) is 2. The van der Waals surface area contributed by atoms with Gasteiger partial charge in [-0.1, -0.05) is 0 Å². The zero-order valence-electron chi connectivity index (χ0n) is 12.2. The van der Waals surface area contributed by atoms with Crippen molar-refractivity contribution in [3.8, 4) is 0 Å². The lowest BCUT2D eigenvalue weighted by molar-refractivity contribution is 0.236. The number of thiophene rings is 1. The molecule has 1 aliphatic heterocycles. The lowest BCUT2D eigenvalue weighted by Crippen LogP contribution is -2.42. The minimum Gasteiger partial charge on any atom is -0.338 e. The van der Waals surface area contributed by atoms with E-state index in [1.54, 1.807) is 11.3 Å². The third-order valence-electron chi connectivity index (χ3n) is 3.63. The Labute approximate surface area is 125 Å². The van der Waals surface area contributed by atoms with Gasteiger partial charge in [-0.2, -0.15) is 11.3 Å². The Balaban J connectivity index is 1.53. The molecule has 0 spiro atoms. The van der Waals surface area contributed by atoms with Crippen LogP contribution in [0.25, 0.3) is 0 Å². The van der Waals surface area contributed by atoms with Crippen LogP contribution in [0, 0.1) is 0 Å². The van der Waals surface area contributed by atoms with Gasteiger partial charge in [0.1, 0.15) is 0 Å². The van der Waals surface area contributed by atoms with Crippen LogP contribution in [-0.4, -0.2) is 43.2 Å². The summed E-state index contributed by atoms with van der Waals surface area (Å²) in [7, 11) is 0. The minimum atomic E-state index is -0.0471. The largest absolute Gasteiger partial charge is 0.338 e. The van der Waals surface area contributed by atoms with Gasteiger partial charge in [-0.15, -0.1) is 0 Å². The maximum Gasteiger partial charge on any atom is 0.315 e. The highest BCUT2D eigenvalue weighted by atomic mass is 32.1. The molecule has 2 heterocycles. The fraction of sp³-hybridized carbons (Fsp3) is 0.667. The Morgan fingerprint density at radius 2 is 2.25 bits per heavy atom. The van der Waals surface area contributed by atoms with Gasteiger partial charge in [0, 0.05) is 12.6 Å². The SMILES string of the molecule is C[C@H](Cc1ccsc1)NC(=O)NCCCN1CCCC1. The lowest BCUT2D eigenvalue weighted by atomic mass is 10.1. The van der Waals surface area contributed by atoms with Crippen molar-refractivity contribution in [2.24, 2.45) is 0 Å². The van der Waals surface area contributed by atoms with E-state index in [1.165, 1.54) is 31.5 Å². The van der Waals surface area contributed by atoms with Crippen LogP contribution in [0.5, 0.6) is 0 Å². The molecule has 1 aliphatic rings. The van der Waals surface area contributed by atoms with Crippen molar-refractivity contribution in [3.05, 3.63) is 22.4 Å². The number of amides is 2. The number of nitrogens with one attached hydrogen (secondary N) is 2. The number of urea groups is 1. The number of nitrogens with zero attached hydrogens (tertiary/aromatic N) is 1. The molecule has 112 valence electrons. The average Bonchev–Trinajstić information content (AvgIpc) is 3.07. The molecule has 5 heteroatoms. The summed E-state index contributed by atoms with van der Waals surface area (Å²) in [6.45, 7) is 6.35. The van der Waals surface area contributed by atoms with Crippen molar-refractivity contribution in [1.29, 1.82) is 0 Å². The molecule has 20 heavy (non-hydrogen) atoms. The number of carbonyl (C=O) groups is 1. The molecule has 0 unspecified atom stereocenters. The van der Waals surface area contributed by atoms with Gasteiger partial charge in [0.2, 0.25) is 0 Å². The molecular weight excluding hydrogens is 270 g/mol. The summed E-state index contributed by atoms with van der Waals surface area (Å²) in [4.78, 5) is 14.2. The number of carbonyl (C=O) groups excluding carboxylic acids is 1. The summed E-state index contributed by atoms with van der Waals surface area (Å²) in [5.74, 6) is 0. The predicted octanol–water partition coefficient (Wildman–Crippen LogP) is 2.46. The first-order chi connectivity index (χ1) is 9.74. The third-order valence-corrected chi connectivity index (χ3v) is 4.37. The first-order valence-corrected chi connectivity index (χ1v) is 8.46. The second-order valence-electron chi connectivity index (χ2n) is 5.54. The van der Waals surface area contributed by atoms with Crippen LogP contribution in [0.1, 0.15) is 31.7 Å². The van der Waals surface area contributed by atoms with Gasteiger partial charge in [0.05, 0.1) is 0 Å². The second kappa shape index (κ2) is 8.27. The highest BCUT2D eigenvalue weighted by Crippen LogP contribution is 2.08. The summed E-state index contributed by atoms with van der Waals surface area (Å²) in [5, 5.41) is 10.1. The van der Waals surface area contributed by atoms with Crippen molar-refractivity contribution in [3.63, 3.8) is 0 Å². The van der Waals surface area contributed by atoms with Crippen LogP contribution in [0.15, 0.2) is 16.8 Å². The second-order valence-corrected chi connectivity index (χ2v) is 6.32. The molecule has 1 aromatic rings. The van der Waals surface area contributed by atoms with Gasteiger partial charge in [-0.25, -0.2) is 4.79 Å². The fourth-order valence-electron chi connectivity index (χ4n) is 2.60. The molecule has 0 saturated carbocycles. The maximum atomic E-state index is 11.7. The van der Waals surface area contributed by atoms with E-state index in [0.29, 0.717) is 0 Å². The van der Waals surface area contributed by atoms with E-state index in [-0.39, 0.29) is 12.1 Å². The molecule has 1 fully saturated rings. The summed E-state index contributed by atoms with van der Waals surface area (Å²) in [6, 6.07) is 2.23. The first-order valence-electron chi connectivity index (χ1n) is 7.52. The average molecular weight is 295 g/mol. The van der Waals surface area contributed by atoms with Crippen molar-refractivity contribution in [2.45, 2.75) is 38.6 Å². The van der Waals surface area contributed by atoms with Crippen LogP contribution < -0.4 is 10.6 Å². The lowest BCUT2D eigenvalue weighted by Gasteiger charge is -2.16. The summed E-state index contributed by atoms with van der Waals surface area (Å²) in [5.41, 5.74) is 1.29. The van der Waals surface area contributed by atoms with Gasteiger partial charge in [0.25, 0.3) is 0 Å². The predicted molar refractivity (Wildman–Crippen MR) is 84.3 cm³/mol. The molecule has 1 atom stereocenters. The topological polar surface area (TPSA) is 44.4 Å². The van der Waals surface area contributed by atoms with Crippen molar-refractivity contribution >= 4 is 17.4 Å². The molecule has 2 rings (SSSR count). The van der Waals surface area contributed by atoms with Crippen LogP contribution in [0.4, 0.5) is 4.79 Å². The Bertz CT molecular complexity index is 388. The molecule has 2 N–H and O–H groups in total. The van der Waals surface area contributed by atoms with E-state index in [9.17, 15) is 4.79 Å². The molecule has 0 radical (unpaired) electrons. The van der Waals surface area contributed by atoms with Crippen LogP contribution in [0.2, 0.25) is 0 Å². The summed E-state index contributed by atoms with van der Waals surface area (Å²) < 4.78 is 0. The highest BCUT2D eigenvalue weighted by molar-refractivity contribution is 7.07. The standard InChI is InChI=1S/C15H25N3OS/c1-13(11-14-5-10-20-12-14)17-15(19)16-6-4-9-18-7-2-3-8-18/h5,10,12-13H,2-4,6-9,11H2,1H3,(H2,16,17,19)/t13-/m1/s1. The molecule has 4 nitrogen and oxygen atoms in total. The minimum absolute atomic E-state index is 0.0471. The number of hydrogen-bond acceptors (Lipinski definition) is 3. The Kier molecular flexibility index (Phi) is 6.33. The monoisotopic (exact) mass is 295 g/mol. The van der Waals surface area contributed by atoms with E-state index in [0.717, 1.165) is 25.9 Å². The molecule has 0 aliphatic carbocycles. The van der Waals surface area contributed by atoms with Crippen molar-refractivity contribution < 1.29 is 4.79 Å². The molecule has 0 bridgehead atoms. The fourth-order valence-corrected chi connectivity index (χ4v) is 3.28. The van der Waals surface area contributed by atoms with Crippen molar-refractivity contribution in [1.82, 2.24) is 15.5 Å².